The van der Waals surface area contributed by atoms with Crippen LogP contribution in [-0.2, 0) is 14.3 Å². The van der Waals surface area contributed by atoms with Gasteiger partial charge in [0.1, 0.15) is 11.6 Å². The first kappa shape index (κ1) is 26.6. The third-order valence-corrected chi connectivity index (χ3v) is 5.76. The highest BCUT2D eigenvalue weighted by Gasteiger charge is 2.21. The van der Waals surface area contributed by atoms with Gasteiger partial charge in [-0.2, -0.15) is 0 Å². The SMILES string of the molecule is Cc1ncc(NCC(Cl)(Cl)Cl)cc1-c1cc(N2CCOCC2)nc(N2CCOCC2)c1.O=CO. The van der Waals surface area contributed by atoms with Crippen molar-refractivity contribution in [2.45, 2.75) is 10.7 Å². The topological polar surface area (TPSA) is 100 Å². The lowest BCUT2D eigenvalue weighted by molar-refractivity contribution is -0.122. The van der Waals surface area contributed by atoms with Crippen LogP contribution in [-0.4, -0.2) is 84.5 Å². The number of nitrogens with zero attached hydrogens (tertiary/aromatic N) is 4. The summed E-state index contributed by atoms with van der Waals surface area (Å²) in [6.07, 6.45) is 1.75. The highest BCUT2D eigenvalue weighted by molar-refractivity contribution is 6.67. The Morgan fingerprint density at radius 2 is 1.53 bits per heavy atom. The molecule has 0 spiro atoms. The predicted octanol–water partition coefficient (Wildman–Crippen LogP) is 3.61. The normalized spacial score (nSPS) is 16.5. The molecule has 2 aliphatic rings. The quantitative estimate of drug-likeness (QED) is 0.442. The third-order valence-electron chi connectivity index (χ3n) is 5.36. The van der Waals surface area contributed by atoms with Gasteiger partial charge in [0.15, 0.2) is 0 Å². The summed E-state index contributed by atoms with van der Waals surface area (Å²) < 4.78 is 9.67. The fourth-order valence-corrected chi connectivity index (χ4v) is 3.89. The monoisotopic (exact) mass is 531 g/mol. The van der Waals surface area contributed by atoms with Gasteiger partial charge in [0.2, 0.25) is 3.79 Å². The molecular formula is C22H28Cl3N5O4. The Morgan fingerprint density at radius 1 is 1.03 bits per heavy atom. The largest absolute Gasteiger partial charge is 0.483 e. The first-order valence-corrected chi connectivity index (χ1v) is 12.0. The van der Waals surface area contributed by atoms with Gasteiger partial charge in [-0.15, -0.1) is 0 Å². The summed E-state index contributed by atoms with van der Waals surface area (Å²) in [6.45, 7) is 8.04. The van der Waals surface area contributed by atoms with E-state index in [4.69, 9.17) is 59.2 Å². The molecule has 2 fully saturated rings. The van der Waals surface area contributed by atoms with E-state index in [1.807, 2.05) is 13.0 Å². The van der Waals surface area contributed by atoms with Crippen molar-refractivity contribution >= 4 is 58.6 Å². The molecule has 2 aromatic heterocycles. The highest BCUT2D eigenvalue weighted by Crippen LogP contribution is 2.32. The molecular weight excluding hydrogens is 505 g/mol. The highest BCUT2D eigenvalue weighted by atomic mass is 35.6. The van der Waals surface area contributed by atoms with Crippen molar-refractivity contribution in [3.63, 3.8) is 0 Å². The maximum atomic E-state index is 8.36. The van der Waals surface area contributed by atoms with E-state index in [2.05, 4.69) is 32.2 Å². The number of nitrogens with one attached hydrogen (secondary N) is 1. The van der Waals surface area contributed by atoms with Gasteiger partial charge in [0, 0.05) is 37.4 Å². The Labute approximate surface area is 213 Å². The van der Waals surface area contributed by atoms with Crippen LogP contribution >= 0.6 is 34.8 Å². The fraction of sp³-hybridized carbons (Fsp3) is 0.500. The van der Waals surface area contributed by atoms with Gasteiger partial charge in [0.05, 0.1) is 44.9 Å². The van der Waals surface area contributed by atoms with E-state index < -0.39 is 3.79 Å². The van der Waals surface area contributed by atoms with E-state index in [1.165, 1.54) is 0 Å². The first-order valence-electron chi connectivity index (χ1n) is 10.8. The van der Waals surface area contributed by atoms with Crippen LogP contribution in [0.5, 0.6) is 0 Å². The molecule has 4 heterocycles. The molecule has 0 unspecified atom stereocenters. The molecule has 4 rings (SSSR count). The van der Waals surface area contributed by atoms with E-state index in [1.54, 1.807) is 6.20 Å². The van der Waals surface area contributed by atoms with Crippen molar-refractivity contribution in [2.75, 3.05) is 74.3 Å². The average molecular weight is 533 g/mol. The number of rotatable bonds is 5. The second kappa shape index (κ2) is 12.6. The summed E-state index contributed by atoms with van der Waals surface area (Å²) in [6, 6.07) is 6.29. The van der Waals surface area contributed by atoms with Crippen LogP contribution in [0, 0.1) is 6.92 Å². The minimum Gasteiger partial charge on any atom is -0.483 e. The van der Waals surface area contributed by atoms with Crippen LogP contribution in [0.3, 0.4) is 0 Å². The minimum atomic E-state index is -1.38. The molecule has 186 valence electrons. The molecule has 0 saturated carbocycles. The number of halogens is 3. The van der Waals surface area contributed by atoms with Crippen LogP contribution in [0.1, 0.15) is 5.69 Å². The molecule has 2 aliphatic heterocycles. The average Bonchev–Trinajstić information content (AvgIpc) is 2.84. The molecule has 2 N–H and O–H groups in total. The zero-order chi connectivity index (χ0) is 24.6. The Kier molecular flexibility index (Phi) is 9.85. The fourth-order valence-electron chi connectivity index (χ4n) is 3.69. The molecule has 2 aromatic rings. The number of hydrogen-bond donors (Lipinski definition) is 2. The van der Waals surface area contributed by atoms with Crippen molar-refractivity contribution in [3.05, 3.63) is 30.1 Å². The summed E-state index contributed by atoms with van der Waals surface area (Å²) >= 11 is 17.7. The minimum absolute atomic E-state index is 0.191. The van der Waals surface area contributed by atoms with Gasteiger partial charge in [-0.1, -0.05) is 34.8 Å². The number of carbonyl (C=O) groups is 1. The number of aromatic nitrogens is 2. The second-order valence-electron chi connectivity index (χ2n) is 7.70. The van der Waals surface area contributed by atoms with Crippen LogP contribution in [0.4, 0.5) is 17.3 Å². The summed E-state index contributed by atoms with van der Waals surface area (Å²) in [4.78, 5) is 22.4. The zero-order valence-corrected chi connectivity index (χ0v) is 21.1. The Balaban J connectivity index is 0.00000103. The van der Waals surface area contributed by atoms with Crippen molar-refractivity contribution in [1.29, 1.82) is 0 Å². The molecule has 0 aliphatic carbocycles. The summed E-state index contributed by atoms with van der Waals surface area (Å²) in [5.74, 6) is 1.89. The van der Waals surface area contributed by atoms with Crippen LogP contribution in [0.15, 0.2) is 24.4 Å². The number of hydrogen-bond acceptors (Lipinski definition) is 8. The van der Waals surface area contributed by atoms with Gasteiger partial charge >= 0.3 is 0 Å². The molecule has 9 nitrogen and oxygen atoms in total. The number of carboxylic acid groups (broad SMARTS) is 1. The standard InChI is InChI=1S/C21H26Cl3N5O2.CH2O2/c1-15-18(12-17(13-25-15)26-14-21(22,23)24)16-10-19(28-2-6-30-7-3-28)27-20(11-16)29-4-8-31-9-5-29;2-1-3/h10-13,26H,2-9,14H2,1H3;1H,(H,2,3). The van der Waals surface area contributed by atoms with E-state index >= 15 is 0 Å². The molecule has 34 heavy (non-hydrogen) atoms. The van der Waals surface area contributed by atoms with E-state index in [9.17, 15) is 0 Å². The van der Waals surface area contributed by atoms with Gasteiger partial charge in [-0.25, -0.2) is 4.98 Å². The Hall–Kier alpha value is -2.04. The van der Waals surface area contributed by atoms with Crippen molar-refractivity contribution in [3.8, 4) is 11.1 Å². The molecule has 0 amide bonds. The number of morpholine rings is 2. The summed E-state index contributed by atoms with van der Waals surface area (Å²) in [5, 5.41) is 10.0. The third kappa shape index (κ3) is 7.74. The van der Waals surface area contributed by atoms with Crippen molar-refractivity contribution < 1.29 is 19.4 Å². The van der Waals surface area contributed by atoms with Crippen molar-refractivity contribution in [1.82, 2.24) is 9.97 Å². The number of aryl methyl sites for hydroxylation is 1. The van der Waals surface area contributed by atoms with Crippen LogP contribution in [0.2, 0.25) is 0 Å². The molecule has 12 heteroatoms. The maximum Gasteiger partial charge on any atom is 0.290 e. The van der Waals surface area contributed by atoms with Crippen LogP contribution in [0.25, 0.3) is 11.1 Å². The Bertz CT molecular complexity index is 912. The van der Waals surface area contributed by atoms with Crippen LogP contribution < -0.4 is 15.1 Å². The Morgan fingerprint density at radius 3 is 2.00 bits per heavy atom. The number of pyridine rings is 2. The van der Waals surface area contributed by atoms with Crippen molar-refractivity contribution in [2.24, 2.45) is 0 Å². The number of ether oxygens (including phenoxy) is 2. The summed E-state index contributed by atoms with van der Waals surface area (Å²) in [5.41, 5.74) is 3.79. The maximum absolute atomic E-state index is 8.36. The number of anilines is 3. The molecule has 0 radical (unpaired) electrons. The lowest BCUT2D eigenvalue weighted by Gasteiger charge is -2.32. The predicted molar refractivity (Wildman–Crippen MR) is 136 cm³/mol. The number of alkyl halides is 3. The lowest BCUT2D eigenvalue weighted by atomic mass is 10.0. The molecule has 2 saturated heterocycles. The lowest BCUT2D eigenvalue weighted by Crippen LogP contribution is -2.39. The second-order valence-corrected chi connectivity index (χ2v) is 10.2. The van der Waals surface area contributed by atoms with Gasteiger partial charge in [-0.3, -0.25) is 9.78 Å². The zero-order valence-electron chi connectivity index (χ0n) is 18.8. The molecule has 0 atom stereocenters. The molecule has 0 bridgehead atoms. The van der Waals surface area contributed by atoms with E-state index in [0.29, 0.717) is 26.4 Å². The summed E-state index contributed by atoms with van der Waals surface area (Å²) in [7, 11) is 0. The smallest absolute Gasteiger partial charge is 0.290 e. The van der Waals surface area contributed by atoms with Gasteiger partial charge in [0.25, 0.3) is 6.47 Å². The van der Waals surface area contributed by atoms with Gasteiger partial charge in [-0.05, 0) is 30.7 Å². The van der Waals surface area contributed by atoms with Gasteiger partial charge < -0.3 is 29.7 Å². The van der Waals surface area contributed by atoms with E-state index in [-0.39, 0.29) is 13.0 Å². The van der Waals surface area contributed by atoms with E-state index in [0.717, 1.165) is 60.3 Å². The molecule has 0 aromatic carbocycles. The first-order chi connectivity index (χ1) is 16.3.